The van der Waals surface area contributed by atoms with Crippen molar-refractivity contribution in [2.24, 2.45) is 5.41 Å². The van der Waals surface area contributed by atoms with Crippen LogP contribution in [-0.2, 0) is 19.1 Å². The van der Waals surface area contributed by atoms with Crippen molar-refractivity contribution in [3.05, 3.63) is 10.6 Å². The van der Waals surface area contributed by atoms with Crippen molar-refractivity contribution in [2.75, 3.05) is 19.7 Å². The van der Waals surface area contributed by atoms with E-state index in [1.807, 2.05) is 27.7 Å². The molecular formula is C15H23NO4S. The highest BCUT2D eigenvalue weighted by molar-refractivity contribution is 8.04. The Morgan fingerprint density at radius 3 is 2.67 bits per heavy atom. The number of carbonyl (C=O) groups excluding carboxylic acids is 2. The van der Waals surface area contributed by atoms with Gasteiger partial charge < -0.3 is 14.4 Å². The fourth-order valence-corrected chi connectivity index (χ4v) is 4.18. The minimum Gasteiger partial charge on any atom is -0.465 e. The van der Waals surface area contributed by atoms with Gasteiger partial charge in [-0.3, -0.25) is 4.79 Å². The van der Waals surface area contributed by atoms with Crippen LogP contribution in [0.25, 0.3) is 0 Å². The summed E-state index contributed by atoms with van der Waals surface area (Å²) in [6.45, 7) is 11.3. The number of carbonyl (C=O) groups is 2. The second-order valence-electron chi connectivity index (χ2n) is 6.26. The highest BCUT2D eigenvalue weighted by atomic mass is 32.2. The number of ether oxygens (including phenoxy) is 2. The molecule has 0 bridgehead atoms. The molecule has 1 unspecified atom stereocenters. The molecule has 0 aliphatic carbocycles. The summed E-state index contributed by atoms with van der Waals surface area (Å²) in [5.74, 6) is -0.483. The number of rotatable bonds is 4. The quantitative estimate of drug-likeness (QED) is 0.742. The lowest BCUT2D eigenvalue weighted by Gasteiger charge is -2.23. The maximum atomic E-state index is 12.4. The minimum absolute atomic E-state index is 0.150. The van der Waals surface area contributed by atoms with Gasteiger partial charge in [-0.2, -0.15) is 0 Å². The molecule has 21 heavy (non-hydrogen) atoms. The summed E-state index contributed by atoms with van der Waals surface area (Å²) in [4.78, 5) is 26.4. The highest BCUT2D eigenvalue weighted by Gasteiger charge is 2.48. The van der Waals surface area contributed by atoms with Crippen molar-refractivity contribution in [2.45, 2.75) is 46.0 Å². The molecule has 0 N–H and O–H groups in total. The smallest absolute Gasteiger partial charge is 0.337 e. The molecule has 1 saturated heterocycles. The molecule has 1 atom stereocenters. The molecule has 0 spiro atoms. The molecule has 0 aromatic heterocycles. The maximum Gasteiger partial charge on any atom is 0.337 e. The average Bonchev–Trinajstić information content (AvgIpc) is 2.80. The Hall–Kier alpha value is -1.17. The van der Waals surface area contributed by atoms with Gasteiger partial charge in [-0.25, -0.2) is 4.79 Å². The molecule has 2 rings (SSSR count). The van der Waals surface area contributed by atoms with Gasteiger partial charge in [0.25, 0.3) is 0 Å². The number of hydrogen-bond donors (Lipinski definition) is 0. The second kappa shape index (κ2) is 5.91. The van der Waals surface area contributed by atoms with Crippen molar-refractivity contribution >= 4 is 23.7 Å². The summed E-state index contributed by atoms with van der Waals surface area (Å²) >= 11 is 1.43. The number of hydrogen-bond acceptors (Lipinski definition) is 6. The Bertz CT molecular complexity index is 484. The van der Waals surface area contributed by atoms with Gasteiger partial charge >= 0.3 is 11.9 Å². The Morgan fingerprint density at radius 2 is 2.10 bits per heavy atom. The van der Waals surface area contributed by atoms with Gasteiger partial charge in [-0.05, 0) is 20.8 Å². The third kappa shape index (κ3) is 3.20. The first-order valence-corrected chi connectivity index (χ1v) is 8.18. The number of esters is 2. The molecule has 0 radical (unpaired) electrons. The zero-order valence-electron chi connectivity index (χ0n) is 13.3. The van der Waals surface area contributed by atoms with Gasteiger partial charge in [0.15, 0.2) is 0 Å². The van der Waals surface area contributed by atoms with Crippen molar-refractivity contribution in [3.8, 4) is 0 Å². The van der Waals surface area contributed by atoms with E-state index >= 15 is 0 Å². The Balaban J connectivity index is 2.23. The molecule has 2 heterocycles. The summed E-state index contributed by atoms with van der Waals surface area (Å²) in [7, 11) is 0. The summed E-state index contributed by atoms with van der Waals surface area (Å²) < 4.78 is 10.4. The van der Waals surface area contributed by atoms with E-state index in [9.17, 15) is 9.59 Å². The van der Waals surface area contributed by atoms with Crippen molar-refractivity contribution in [1.29, 1.82) is 0 Å². The van der Waals surface area contributed by atoms with E-state index in [4.69, 9.17) is 9.47 Å². The van der Waals surface area contributed by atoms with Crippen molar-refractivity contribution in [3.63, 3.8) is 0 Å². The van der Waals surface area contributed by atoms with Crippen LogP contribution in [-0.4, -0.2) is 47.9 Å². The molecule has 1 fully saturated rings. The Kier molecular flexibility index (Phi) is 4.56. The van der Waals surface area contributed by atoms with Crippen LogP contribution in [0, 0.1) is 5.41 Å². The van der Waals surface area contributed by atoms with Crippen LogP contribution >= 0.6 is 11.8 Å². The zero-order valence-corrected chi connectivity index (χ0v) is 14.1. The molecule has 2 aliphatic rings. The maximum absolute atomic E-state index is 12.4. The van der Waals surface area contributed by atoms with Crippen LogP contribution in [0.5, 0.6) is 0 Å². The van der Waals surface area contributed by atoms with E-state index in [0.717, 1.165) is 11.6 Å². The third-order valence-corrected chi connectivity index (χ3v) is 4.81. The monoisotopic (exact) mass is 313 g/mol. The average molecular weight is 313 g/mol. The number of nitrogens with zero attached hydrogens (tertiary/aromatic N) is 1. The van der Waals surface area contributed by atoms with Gasteiger partial charge in [-0.15, -0.1) is 0 Å². The predicted molar refractivity (Wildman–Crippen MR) is 81.6 cm³/mol. The first kappa shape index (κ1) is 16.2. The largest absolute Gasteiger partial charge is 0.465 e. The molecule has 5 nitrogen and oxygen atoms in total. The first-order chi connectivity index (χ1) is 9.76. The highest BCUT2D eigenvalue weighted by Crippen LogP contribution is 2.49. The molecule has 118 valence electrons. The van der Waals surface area contributed by atoms with E-state index in [0.29, 0.717) is 18.7 Å². The minimum atomic E-state index is -0.274. The van der Waals surface area contributed by atoms with E-state index in [1.54, 1.807) is 6.92 Å². The standard InChI is InChI=1S/C15H23NO4S/c1-6-19-13(17)10-7-16-8-15(4,5)11(12(16)21-10)14(18)20-9(2)3/h9-10H,6-8H2,1-5H3. The van der Waals surface area contributed by atoms with Gasteiger partial charge in [0, 0.05) is 18.5 Å². The summed E-state index contributed by atoms with van der Waals surface area (Å²) in [5, 5.41) is 0.626. The van der Waals surface area contributed by atoms with Crippen molar-refractivity contribution < 1.29 is 19.1 Å². The normalized spacial score (nSPS) is 23.5. The van der Waals surface area contributed by atoms with Gasteiger partial charge in [0.05, 0.1) is 23.3 Å². The third-order valence-electron chi connectivity index (χ3n) is 3.50. The molecule has 2 aliphatic heterocycles. The number of thioether (sulfide) groups is 1. The van der Waals surface area contributed by atoms with Crippen LogP contribution in [0.4, 0.5) is 0 Å². The molecule has 0 amide bonds. The molecular weight excluding hydrogens is 290 g/mol. The summed E-state index contributed by atoms with van der Waals surface area (Å²) in [6, 6.07) is 0. The fraction of sp³-hybridized carbons (Fsp3) is 0.733. The van der Waals surface area contributed by atoms with Crippen molar-refractivity contribution in [1.82, 2.24) is 4.90 Å². The van der Waals surface area contributed by atoms with Gasteiger partial charge in [-0.1, -0.05) is 25.6 Å². The first-order valence-electron chi connectivity index (χ1n) is 7.30. The lowest BCUT2D eigenvalue weighted by Crippen LogP contribution is -2.32. The topological polar surface area (TPSA) is 55.8 Å². The van der Waals surface area contributed by atoms with Gasteiger partial charge in [0.1, 0.15) is 5.25 Å². The van der Waals surface area contributed by atoms with Crippen LogP contribution in [0.1, 0.15) is 34.6 Å². The lowest BCUT2D eigenvalue weighted by atomic mass is 9.87. The summed E-state index contributed by atoms with van der Waals surface area (Å²) in [6.07, 6.45) is -0.150. The number of fused-ring (bicyclic) bond motifs is 1. The summed E-state index contributed by atoms with van der Waals surface area (Å²) in [5.41, 5.74) is 0.432. The van der Waals surface area contributed by atoms with Crippen LogP contribution < -0.4 is 0 Å². The Labute approximate surface area is 130 Å². The van der Waals surface area contributed by atoms with Gasteiger partial charge in [0.2, 0.25) is 0 Å². The molecule has 6 heteroatoms. The van der Waals surface area contributed by atoms with E-state index < -0.39 is 0 Å². The lowest BCUT2D eigenvalue weighted by molar-refractivity contribution is -0.144. The van der Waals surface area contributed by atoms with E-state index in [1.165, 1.54) is 11.8 Å². The molecule has 0 saturated carbocycles. The molecule has 0 aromatic rings. The Morgan fingerprint density at radius 1 is 1.43 bits per heavy atom. The second-order valence-corrected chi connectivity index (χ2v) is 7.45. The van der Waals surface area contributed by atoms with E-state index in [2.05, 4.69) is 4.90 Å². The van der Waals surface area contributed by atoms with Crippen LogP contribution in [0.2, 0.25) is 0 Å². The van der Waals surface area contributed by atoms with E-state index in [-0.39, 0.29) is 28.7 Å². The zero-order chi connectivity index (χ0) is 15.8. The SMILES string of the molecule is CCOC(=O)C1CN2CC(C)(C)C(C(=O)OC(C)C)=C2S1. The van der Waals surface area contributed by atoms with Crippen LogP contribution in [0.15, 0.2) is 10.6 Å². The predicted octanol–water partition coefficient (Wildman–Crippen LogP) is 2.17. The van der Waals surface area contributed by atoms with Crippen LogP contribution in [0.3, 0.4) is 0 Å². The molecule has 0 aromatic carbocycles. The fourth-order valence-electron chi connectivity index (χ4n) is 2.72.